The average Bonchev–Trinajstić information content (AvgIpc) is 3.21. The molecule has 0 aliphatic carbocycles. The predicted molar refractivity (Wildman–Crippen MR) is 121 cm³/mol. The summed E-state index contributed by atoms with van der Waals surface area (Å²) >= 11 is 0. The second-order valence-electron chi connectivity index (χ2n) is 8.21. The Morgan fingerprint density at radius 2 is 1.84 bits per heavy atom. The molecule has 0 saturated carbocycles. The fraction of sp³-hybridized carbons (Fsp3) is 0.375. The van der Waals surface area contributed by atoms with Crippen LogP contribution in [0.4, 0.5) is 5.69 Å². The van der Waals surface area contributed by atoms with Crippen LogP contribution in [0.15, 0.2) is 48.7 Å². The van der Waals surface area contributed by atoms with Crippen LogP contribution in [0.1, 0.15) is 36.0 Å². The number of hydrogen-bond donors (Lipinski definition) is 1. The van der Waals surface area contributed by atoms with Gasteiger partial charge in [-0.2, -0.15) is 0 Å². The Morgan fingerprint density at radius 3 is 2.48 bits per heavy atom. The summed E-state index contributed by atoms with van der Waals surface area (Å²) in [7, 11) is 0. The van der Waals surface area contributed by atoms with Crippen LogP contribution in [-0.2, 0) is 4.79 Å². The van der Waals surface area contributed by atoms with Gasteiger partial charge in [-0.25, -0.2) is 0 Å². The van der Waals surface area contributed by atoms with Gasteiger partial charge in [0.1, 0.15) is 0 Å². The second kappa shape index (κ2) is 8.89. The molecule has 2 aromatic carbocycles. The molecule has 3 aromatic rings. The Hall–Kier alpha value is -3.19. The molecule has 2 heterocycles. The zero-order valence-corrected chi connectivity index (χ0v) is 18.0. The quantitative estimate of drug-likeness (QED) is 0.481. The summed E-state index contributed by atoms with van der Waals surface area (Å²) in [5.41, 5.74) is 4.00. The highest BCUT2D eigenvalue weighted by molar-refractivity contribution is 5.87. The molecule has 1 unspecified atom stereocenters. The number of amides is 1. The number of nitrogens with zero attached hydrogens (tertiary/aromatic N) is 3. The van der Waals surface area contributed by atoms with Crippen molar-refractivity contribution in [3.8, 4) is 0 Å². The van der Waals surface area contributed by atoms with Crippen LogP contribution >= 0.6 is 0 Å². The number of non-ortho nitro benzene ring substituents is 1. The third-order valence-electron chi connectivity index (χ3n) is 6.31. The molecular formula is C24H28N4O3. The van der Waals surface area contributed by atoms with Gasteiger partial charge in [-0.1, -0.05) is 36.8 Å². The van der Waals surface area contributed by atoms with Crippen LogP contribution in [0.5, 0.6) is 0 Å². The fourth-order valence-electron chi connectivity index (χ4n) is 4.36. The SMILES string of the molecule is CCN1CCN(C(=O)CC(c2ccc(C)cc2)c2c[nH]c3ccc([N+](=O)[O-])cc23)CC1. The van der Waals surface area contributed by atoms with Gasteiger partial charge in [0, 0.05) is 67.8 Å². The van der Waals surface area contributed by atoms with Crippen molar-refractivity contribution in [1.29, 1.82) is 0 Å². The first-order valence-electron chi connectivity index (χ1n) is 10.8. The van der Waals surface area contributed by atoms with E-state index in [-0.39, 0.29) is 22.4 Å². The Labute approximate surface area is 181 Å². The van der Waals surface area contributed by atoms with Gasteiger partial charge in [0.05, 0.1) is 4.92 Å². The molecule has 0 radical (unpaired) electrons. The molecule has 0 bridgehead atoms. The molecule has 1 aromatic heterocycles. The van der Waals surface area contributed by atoms with Crippen LogP contribution in [0.2, 0.25) is 0 Å². The highest BCUT2D eigenvalue weighted by atomic mass is 16.6. The predicted octanol–water partition coefficient (Wildman–Crippen LogP) is 4.07. The van der Waals surface area contributed by atoms with E-state index in [0.29, 0.717) is 6.42 Å². The van der Waals surface area contributed by atoms with E-state index in [1.54, 1.807) is 12.1 Å². The van der Waals surface area contributed by atoms with Crippen molar-refractivity contribution in [1.82, 2.24) is 14.8 Å². The van der Waals surface area contributed by atoms with E-state index >= 15 is 0 Å². The smallest absolute Gasteiger partial charge is 0.270 e. The maximum absolute atomic E-state index is 13.2. The van der Waals surface area contributed by atoms with E-state index < -0.39 is 0 Å². The minimum absolute atomic E-state index is 0.0537. The maximum atomic E-state index is 13.2. The van der Waals surface area contributed by atoms with Crippen LogP contribution in [0.25, 0.3) is 10.9 Å². The molecule has 1 fully saturated rings. The van der Waals surface area contributed by atoms with E-state index in [1.807, 2.05) is 30.2 Å². The summed E-state index contributed by atoms with van der Waals surface area (Å²) < 4.78 is 0. The molecule has 4 rings (SSSR count). The Morgan fingerprint density at radius 1 is 1.13 bits per heavy atom. The van der Waals surface area contributed by atoms with Gasteiger partial charge in [0.25, 0.3) is 5.69 Å². The number of hydrogen-bond acceptors (Lipinski definition) is 4. The van der Waals surface area contributed by atoms with Crippen molar-refractivity contribution in [2.24, 2.45) is 0 Å². The van der Waals surface area contributed by atoms with Gasteiger partial charge in [0.2, 0.25) is 5.91 Å². The third kappa shape index (κ3) is 4.46. The van der Waals surface area contributed by atoms with Gasteiger partial charge >= 0.3 is 0 Å². The number of carbonyl (C=O) groups excluding carboxylic acids is 1. The van der Waals surface area contributed by atoms with E-state index in [0.717, 1.165) is 60.3 Å². The van der Waals surface area contributed by atoms with Crippen molar-refractivity contribution >= 4 is 22.5 Å². The van der Waals surface area contributed by atoms with Crippen LogP contribution in [-0.4, -0.2) is 58.3 Å². The lowest BCUT2D eigenvalue weighted by Crippen LogP contribution is -2.48. The maximum Gasteiger partial charge on any atom is 0.270 e. The molecule has 1 aliphatic rings. The van der Waals surface area contributed by atoms with Crippen LogP contribution < -0.4 is 0 Å². The standard InChI is InChI=1S/C24H28N4O3/c1-3-26-10-12-27(13-11-26)24(29)15-20(18-6-4-17(2)5-7-18)22-16-25-23-9-8-19(28(30)31)14-21(22)23/h4-9,14,16,20,25H,3,10-13,15H2,1-2H3. The summed E-state index contributed by atoms with van der Waals surface area (Å²) in [6.07, 6.45) is 2.23. The average molecular weight is 421 g/mol. The fourth-order valence-corrected chi connectivity index (χ4v) is 4.36. The zero-order chi connectivity index (χ0) is 22.0. The molecule has 7 nitrogen and oxygen atoms in total. The molecule has 1 aliphatic heterocycles. The number of piperazine rings is 1. The van der Waals surface area contributed by atoms with Crippen LogP contribution in [0, 0.1) is 17.0 Å². The highest BCUT2D eigenvalue weighted by Crippen LogP contribution is 2.35. The molecule has 0 spiro atoms. The number of aromatic nitrogens is 1. The van der Waals surface area contributed by atoms with Crippen molar-refractivity contribution in [2.45, 2.75) is 26.2 Å². The topological polar surface area (TPSA) is 82.5 Å². The minimum Gasteiger partial charge on any atom is -0.361 e. The second-order valence-corrected chi connectivity index (χ2v) is 8.21. The number of carbonyl (C=O) groups is 1. The summed E-state index contributed by atoms with van der Waals surface area (Å²) in [4.78, 5) is 31.7. The number of likely N-dealkylation sites (N-methyl/N-ethyl adjacent to an activating group) is 1. The normalized spacial score (nSPS) is 15.9. The summed E-state index contributed by atoms with van der Waals surface area (Å²) in [5, 5.41) is 12.1. The van der Waals surface area contributed by atoms with Crippen molar-refractivity contribution in [3.63, 3.8) is 0 Å². The number of benzene rings is 2. The lowest BCUT2D eigenvalue weighted by Gasteiger charge is -2.34. The van der Waals surface area contributed by atoms with Crippen molar-refractivity contribution in [2.75, 3.05) is 32.7 Å². The number of fused-ring (bicyclic) bond motifs is 1. The van der Waals surface area contributed by atoms with Gasteiger partial charge < -0.3 is 14.8 Å². The molecule has 31 heavy (non-hydrogen) atoms. The number of aromatic amines is 1. The molecule has 1 N–H and O–H groups in total. The summed E-state index contributed by atoms with van der Waals surface area (Å²) in [5.74, 6) is -0.0471. The lowest BCUT2D eigenvalue weighted by molar-refractivity contribution is -0.384. The van der Waals surface area contributed by atoms with E-state index in [1.165, 1.54) is 6.07 Å². The molecule has 1 saturated heterocycles. The van der Waals surface area contributed by atoms with Gasteiger partial charge in [0.15, 0.2) is 0 Å². The van der Waals surface area contributed by atoms with Gasteiger partial charge in [-0.05, 0) is 30.7 Å². The number of nitrogens with one attached hydrogen (secondary N) is 1. The molecule has 7 heteroatoms. The molecule has 162 valence electrons. The first kappa shape index (κ1) is 21.1. The first-order chi connectivity index (χ1) is 15.0. The Kier molecular flexibility index (Phi) is 6.04. The summed E-state index contributed by atoms with van der Waals surface area (Å²) in [6, 6.07) is 13.0. The van der Waals surface area contributed by atoms with E-state index in [2.05, 4.69) is 28.9 Å². The summed E-state index contributed by atoms with van der Waals surface area (Å²) in [6.45, 7) is 8.46. The lowest BCUT2D eigenvalue weighted by atomic mass is 9.87. The number of nitro groups is 1. The third-order valence-corrected chi connectivity index (χ3v) is 6.31. The molecule has 1 amide bonds. The largest absolute Gasteiger partial charge is 0.361 e. The van der Waals surface area contributed by atoms with E-state index in [9.17, 15) is 14.9 Å². The van der Waals surface area contributed by atoms with Gasteiger partial charge in [-0.3, -0.25) is 14.9 Å². The highest BCUT2D eigenvalue weighted by Gasteiger charge is 2.27. The van der Waals surface area contributed by atoms with E-state index in [4.69, 9.17) is 0 Å². The van der Waals surface area contributed by atoms with Crippen LogP contribution in [0.3, 0.4) is 0 Å². The zero-order valence-electron chi connectivity index (χ0n) is 18.0. The number of H-pyrrole nitrogens is 1. The first-order valence-corrected chi connectivity index (χ1v) is 10.8. The Bertz CT molecular complexity index is 1080. The number of rotatable bonds is 6. The molecule has 1 atom stereocenters. The Balaban J connectivity index is 1.68. The monoisotopic (exact) mass is 420 g/mol. The molecular weight excluding hydrogens is 392 g/mol. The van der Waals surface area contributed by atoms with Crippen molar-refractivity contribution < 1.29 is 9.72 Å². The number of nitro benzene ring substituents is 1. The minimum atomic E-state index is -0.379. The van der Waals surface area contributed by atoms with Crippen molar-refractivity contribution in [3.05, 3.63) is 75.5 Å². The number of aryl methyl sites for hydroxylation is 1. The van der Waals surface area contributed by atoms with Gasteiger partial charge in [-0.15, -0.1) is 0 Å².